The van der Waals surface area contributed by atoms with E-state index in [1.807, 2.05) is 6.07 Å². The molecule has 29 heavy (non-hydrogen) atoms. The summed E-state index contributed by atoms with van der Waals surface area (Å²) in [5.41, 5.74) is 0.990. The maximum Gasteiger partial charge on any atom is 0.305 e. The van der Waals surface area contributed by atoms with Crippen molar-refractivity contribution in [1.29, 1.82) is 0 Å². The maximum atomic E-state index is 12.6. The fourth-order valence-corrected chi connectivity index (χ4v) is 3.59. The van der Waals surface area contributed by atoms with Crippen LogP contribution in [-0.4, -0.2) is 38.7 Å². The van der Waals surface area contributed by atoms with Crippen molar-refractivity contribution in [1.82, 2.24) is 20.4 Å². The molecule has 0 spiro atoms. The van der Waals surface area contributed by atoms with E-state index in [4.69, 9.17) is 5.11 Å². The number of carboxylic acid groups (broad SMARTS) is 1. The molecule has 1 atom stereocenters. The number of aromatic nitrogens is 2. The zero-order valence-corrected chi connectivity index (χ0v) is 16.2. The predicted molar refractivity (Wildman–Crippen MR) is 106 cm³/mol. The quantitative estimate of drug-likeness (QED) is 0.631. The van der Waals surface area contributed by atoms with Gasteiger partial charge in [0, 0.05) is 12.2 Å². The molecule has 3 N–H and O–H groups in total. The molecule has 0 saturated heterocycles. The average Bonchev–Trinajstić information content (AvgIpc) is 3.17. The van der Waals surface area contributed by atoms with Crippen LogP contribution in [0.4, 0.5) is 0 Å². The number of hydrogen-bond acceptors (Lipinski definition) is 4. The molecule has 154 valence electrons. The summed E-state index contributed by atoms with van der Waals surface area (Å²) in [5.74, 6) is -1.56. The van der Waals surface area contributed by atoms with Gasteiger partial charge in [0.05, 0.1) is 24.2 Å². The van der Waals surface area contributed by atoms with Gasteiger partial charge in [-0.15, -0.1) is 0 Å². The van der Waals surface area contributed by atoms with Crippen LogP contribution < -0.4 is 10.6 Å². The van der Waals surface area contributed by atoms with Crippen molar-refractivity contribution in [3.63, 3.8) is 0 Å². The van der Waals surface area contributed by atoms with Gasteiger partial charge in [-0.3, -0.25) is 19.1 Å². The molecule has 0 aliphatic heterocycles. The topological polar surface area (TPSA) is 113 Å². The van der Waals surface area contributed by atoms with Gasteiger partial charge in [0.2, 0.25) is 5.91 Å². The minimum Gasteiger partial charge on any atom is -0.481 e. The van der Waals surface area contributed by atoms with E-state index in [1.54, 1.807) is 24.3 Å². The van der Waals surface area contributed by atoms with Gasteiger partial charge in [-0.05, 0) is 18.4 Å². The number of nitrogens with one attached hydrogen (secondary N) is 2. The molecule has 2 aromatic rings. The number of nitrogens with zero attached hydrogens (tertiary/aromatic N) is 2. The first-order valence-corrected chi connectivity index (χ1v) is 9.90. The molecule has 3 rings (SSSR count). The number of carboxylic acids is 1. The van der Waals surface area contributed by atoms with Crippen molar-refractivity contribution in [3.8, 4) is 0 Å². The molecule has 0 bridgehead atoms. The minimum absolute atomic E-state index is 0.0427. The summed E-state index contributed by atoms with van der Waals surface area (Å²) in [4.78, 5) is 36.0. The number of rotatable bonds is 8. The third-order valence-electron chi connectivity index (χ3n) is 5.06. The molecule has 1 aromatic heterocycles. The summed E-state index contributed by atoms with van der Waals surface area (Å²) in [6, 6.07) is 8.51. The van der Waals surface area contributed by atoms with Gasteiger partial charge in [0.1, 0.15) is 6.54 Å². The average molecular weight is 398 g/mol. The van der Waals surface area contributed by atoms with E-state index in [-0.39, 0.29) is 30.5 Å². The van der Waals surface area contributed by atoms with Gasteiger partial charge >= 0.3 is 5.97 Å². The van der Waals surface area contributed by atoms with Crippen LogP contribution in [0, 0.1) is 0 Å². The Hall–Kier alpha value is -3.16. The van der Waals surface area contributed by atoms with Crippen LogP contribution >= 0.6 is 0 Å². The van der Waals surface area contributed by atoms with Gasteiger partial charge < -0.3 is 15.7 Å². The summed E-state index contributed by atoms with van der Waals surface area (Å²) in [6.45, 7) is 0.0427. The van der Waals surface area contributed by atoms with Crippen LogP contribution in [-0.2, 0) is 16.1 Å². The molecular weight excluding hydrogens is 372 g/mol. The lowest BCUT2D eigenvalue weighted by Crippen LogP contribution is -2.38. The summed E-state index contributed by atoms with van der Waals surface area (Å²) < 4.78 is 1.42. The van der Waals surface area contributed by atoms with Gasteiger partial charge in [0.15, 0.2) is 0 Å². The van der Waals surface area contributed by atoms with Crippen LogP contribution in [0.2, 0.25) is 0 Å². The third kappa shape index (κ3) is 6.17. The first-order chi connectivity index (χ1) is 14.0. The molecule has 1 unspecified atom stereocenters. The van der Waals surface area contributed by atoms with Gasteiger partial charge in [-0.2, -0.15) is 5.10 Å². The predicted octanol–water partition coefficient (Wildman–Crippen LogP) is 2.28. The van der Waals surface area contributed by atoms with Crippen molar-refractivity contribution in [2.24, 2.45) is 0 Å². The van der Waals surface area contributed by atoms with E-state index < -0.39 is 17.9 Å². The Bertz CT molecular complexity index is 843. The van der Waals surface area contributed by atoms with E-state index in [1.165, 1.54) is 23.5 Å². The first kappa shape index (κ1) is 20.6. The first-order valence-electron chi connectivity index (χ1n) is 9.90. The van der Waals surface area contributed by atoms with E-state index in [0.717, 1.165) is 25.7 Å². The number of aliphatic carboxylic acids is 1. The van der Waals surface area contributed by atoms with Crippen LogP contribution in [0.15, 0.2) is 42.7 Å². The number of hydrogen-bond donors (Lipinski definition) is 3. The van der Waals surface area contributed by atoms with E-state index in [9.17, 15) is 14.4 Å². The van der Waals surface area contributed by atoms with Crippen molar-refractivity contribution < 1.29 is 19.5 Å². The third-order valence-corrected chi connectivity index (χ3v) is 5.06. The Labute approximate surface area is 169 Å². The van der Waals surface area contributed by atoms with Crippen LogP contribution in [0.5, 0.6) is 0 Å². The second kappa shape index (κ2) is 9.86. The fraction of sp³-hybridized carbons (Fsp3) is 0.429. The fourth-order valence-electron chi connectivity index (χ4n) is 3.59. The monoisotopic (exact) mass is 398 g/mol. The number of amides is 2. The second-order valence-corrected chi connectivity index (χ2v) is 7.36. The molecular formula is C21H26N4O4. The van der Waals surface area contributed by atoms with Crippen molar-refractivity contribution in [3.05, 3.63) is 53.9 Å². The van der Waals surface area contributed by atoms with Crippen molar-refractivity contribution in [2.75, 3.05) is 0 Å². The molecule has 1 aliphatic carbocycles. The molecule has 8 nitrogen and oxygen atoms in total. The molecule has 8 heteroatoms. The van der Waals surface area contributed by atoms with E-state index >= 15 is 0 Å². The molecule has 1 heterocycles. The molecule has 1 aliphatic rings. The molecule has 2 amide bonds. The summed E-state index contributed by atoms with van der Waals surface area (Å²) in [5, 5.41) is 19.0. The van der Waals surface area contributed by atoms with Crippen molar-refractivity contribution >= 4 is 17.8 Å². The highest BCUT2D eigenvalue weighted by Gasteiger charge is 2.20. The smallest absolute Gasteiger partial charge is 0.305 e. The normalized spacial score (nSPS) is 15.4. The lowest BCUT2D eigenvalue weighted by Gasteiger charge is -2.22. The Morgan fingerprint density at radius 3 is 2.55 bits per heavy atom. The largest absolute Gasteiger partial charge is 0.481 e. The number of carbonyl (C=O) groups excluding carboxylic acids is 2. The number of carbonyl (C=O) groups is 3. The van der Waals surface area contributed by atoms with Crippen LogP contribution in [0.3, 0.4) is 0 Å². The van der Waals surface area contributed by atoms with E-state index in [2.05, 4.69) is 15.7 Å². The highest BCUT2D eigenvalue weighted by Crippen LogP contribution is 2.18. The van der Waals surface area contributed by atoms with Gasteiger partial charge in [-0.25, -0.2) is 0 Å². The Kier molecular flexibility index (Phi) is 6.99. The molecule has 1 saturated carbocycles. The second-order valence-electron chi connectivity index (χ2n) is 7.36. The van der Waals surface area contributed by atoms with E-state index in [0.29, 0.717) is 5.56 Å². The Balaban J connectivity index is 1.58. The van der Waals surface area contributed by atoms with Crippen molar-refractivity contribution in [2.45, 2.75) is 57.2 Å². The summed E-state index contributed by atoms with van der Waals surface area (Å²) >= 11 is 0. The Morgan fingerprint density at radius 1 is 1.14 bits per heavy atom. The zero-order valence-electron chi connectivity index (χ0n) is 16.2. The maximum absolute atomic E-state index is 12.6. The van der Waals surface area contributed by atoms with Gasteiger partial charge in [0.25, 0.3) is 5.91 Å². The molecule has 1 aromatic carbocycles. The lowest BCUT2D eigenvalue weighted by molar-refractivity contribution is -0.137. The standard InChI is InChI=1S/C21H26N4O4/c26-19(23-17-9-5-2-6-10-17)14-25-13-16(12-22-25)21(29)24-18(11-20(27)28)15-7-3-1-4-8-15/h1,3-4,7-8,12-13,17-18H,2,5-6,9-11,14H2,(H,23,26)(H,24,29)(H,27,28). The summed E-state index contributed by atoms with van der Waals surface area (Å²) in [6.07, 6.45) is 8.14. The Morgan fingerprint density at radius 2 is 1.86 bits per heavy atom. The molecule has 1 fully saturated rings. The van der Waals surface area contributed by atoms with Gasteiger partial charge in [-0.1, -0.05) is 49.6 Å². The molecule has 0 radical (unpaired) electrons. The SMILES string of the molecule is O=C(O)CC(NC(=O)c1cnn(CC(=O)NC2CCCCC2)c1)c1ccccc1. The minimum atomic E-state index is -1.01. The number of benzene rings is 1. The summed E-state index contributed by atoms with van der Waals surface area (Å²) in [7, 11) is 0. The van der Waals surface area contributed by atoms with Crippen LogP contribution in [0.25, 0.3) is 0 Å². The highest BCUT2D eigenvalue weighted by molar-refractivity contribution is 5.94. The lowest BCUT2D eigenvalue weighted by atomic mass is 9.95. The zero-order chi connectivity index (χ0) is 20.6. The highest BCUT2D eigenvalue weighted by atomic mass is 16.4. The van der Waals surface area contributed by atoms with Crippen LogP contribution in [0.1, 0.15) is 60.5 Å².